The number of amides is 3. The Bertz CT molecular complexity index is 346. The van der Waals surface area contributed by atoms with Gasteiger partial charge in [-0.25, -0.2) is 4.79 Å². The third-order valence-corrected chi connectivity index (χ3v) is 3.33. The molecule has 0 saturated carbocycles. The first kappa shape index (κ1) is 15.4. The molecule has 7 nitrogen and oxygen atoms in total. The van der Waals surface area contributed by atoms with Crippen molar-refractivity contribution in [2.24, 2.45) is 5.73 Å². The van der Waals surface area contributed by atoms with Gasteiger partial charge in [-0.3, -0.25) is 19.8 Å². The molecule has 1 atom stereocenters. The topological polar surface area (TPSA) is 113 Å². The summed E-state index contributed by atoms with van der Waals surface area (Å²) in [4.78, 5) is 34.6. The maximum atomic E-state index is 11.3. The summed E-state index contributed by atoms with van der Waals surface area (Å²) in [6.45, 7) is 1.40. The molecule has 1 fully saturated rings. The molecule has 0 aromatic carbocycles. The Hall–Kier alpha value is -1.63. The Morgan fingerprint density at radius 1 is 1.26 bits per heavy atom. The minimum absolute atomic E-state index is 0.147. The number of hydrogen-bond acceptors (Lipinski definition) is 4. The molecule has 0 bridgehead atoms. The van der Waals surface area contributed by atoms with Crippen LogP contribution in [0.15, 0.2) is 0 Å². The van der Waals surface area contributed by atoms with Crippen LogP contribution in [0.1, 0.15) is 38.5 Å². The molecular weight excluding hydrogens is 250 g/mol. The van der Waals surface area contributed by atoms with E-state index in [1.54, 1.807) is 0 Å². The molecule has 1 aliphatic heterocycles. The lowest BCUT2D eigenvalue weighted by atomic mass is 9.97. The Kier molecular flexibility index (Phi) is 6.27. The van der Waals surface area contributed by atoms with E-state index in [9.17, 15) is 14.4 Å². The van der Waals surface area contributed by atoms with Crippen LogP contribution < -0.4 is 11.1 Å². The summed E-state index contributed by atoms with van der Waals surface area (Å²) in [5.41, 5.74) is 4.86. The summed E-state index contributed by atoms with van der Waals surface area (Å²) < 4.78 is 0. The fraction of sp³-hybridized carbons (Fsp3) is 0.750. The zero-order valence-corrected chi connectivity index (χ0v) is 10.9. The van der Waals surface area contributed by atoms with E-state index in [1.807, 2.05) is 5.32 Å². The molecule has 19 heavy (non-hydrogen) atoms. The highest BCUT2D eigenvalue weighted by Crippen LogP contribution is 2.20. The predicted molar refractivity (Wildman–Crippen MR) is 68.4 cm³/mol. The molecule has 108 valence electrons. The summed E-state index contributed by atoms with van der Waals surface area (Å²) in [5.74, 6) is -1.19. The number of aliphatic carboxylic acids is 1. The maximum Gasteiger partial charge on any atom is 0.318 e. The monoisotopic (exact) mass is 271 g/mol. The molecule has 0 aliphatic carbocycles. The van der Waals surface area contributed by atoms with Crippen LogP contribution in [-0.2, 0) is 9.59 Å². The molecule has 0 aromatic heterocycles. The van der Waals surface area contributed by atoms with Crippen LogP contribution in [0.2, 0.25) is 0 Å². The summed E-state index contributed by atoms with van der Waals surface area (Å²) in [5, 5.41) is 10.7. The van der Waals surface area contributed by atoms with Crippen molar-refractivity contribution in [1.29, 1.82) is 0 Å². The van der Waals surface area contributed by atoms with E-state index >= 15 is 0 Å². The number of carboxylic acids is 1. The van der Waals surface area contributed by atoms with E-state index < -0.39 is 17.9 Å². The number of likely N-dealkylation sites (tertiary alicyclic amines) is 1. The highest BCUT2D eigenvalue weighted by molar-refractivity contribution is 5.93. The molecule has 0 radical (unpaired) electrons. The van der Waals surface area contributed by atoms with Crippen molar-refractivity contribution in [3.63, 3.8) is 0 Å². The number of urea groups is 1. The average molecular weight is 271 g/mol. The van der Waals surface area contributed by atoms with Crippen LogP contribution in [0.25, 0.3) is 0 Å². The molecular formula is C12H21N3O4. The predicted octanol–water partition coefficient (Wildman–Crippen LogP) is 0.291. The minimum atomic E-state index is -0.842. The van der Waals surface area contributed by atoms with Gasteiger partial charge < -0.3 is 10.8 Å². The number of imide groups is 1. The van der Waals surface area contributed by atoms with E-state index in [0.29, 0.717) is 13.0 Å². The van der Waals surface area contributed by atoms with Crippen molar-refractivity contribution in [2.75, 3.05) is 13.1 Å². The second-order valence-electron chi connectivity index (χ2n) is 4.78. The van der Waals surface area contributed by atoms with Gasteiger partial charge in [0.05, 0.1) is 0 Å². The van der Waals surface area contributed by atoms with Gasteiger partial charge in [-0.2, -0.15) is 0 Å². The SMILES string of the molecule is NC(=O)NC(=O)CCN1CCCCC1CCC(=O)O. The first-order valence-electron chi connectivity index (χ1n) is 6.54. The Morgan fingerprint density at radius 2 is 2.00 bits per heavy atom. The molecule has 4 N–H and O–H groups in total. The summed E-state index contributed by atoms with van der Waals surface area (Å²) in [6.07, 6.45) is 4.06. The zero-order valence-electron chi connectivity index (χ0n) is 10.9. The van der Waals surface area contributed by atoms with Crippen LogP contribution in [-0.4, -0.2) is 47.0 Å². The lowest BCUT2D eigenvalue weighted by Crippen LogP contribution is -2.43. The van der Waals surface area contributed by atoms with Crippen molar-refractivity contribution >= 4 is 17.9 Å². The van der Waals surface area contributed by atoms with Gasteiger partial charge in [0.1, 0.15) is 0 Å². The second kappa shape index (κ2) is 7.73. The fourth-order valence-corrected chi connectivity index (χ4v) is 2.42. The quantitative estimate of drug-likeness (QED) is 0.642. The van der Waals surface area contributed by atoms with Gasteiger partial charge in [-0.1, -0.05) is 6.42 Å². The Labute approximate surface area is 112 Å². The van der Waals surface area contributed by atoms with Crippen molar-refractivity contribution in [2.45, 2.75) is 44.6 Å². The highest BCUT2D eigenvalue weighted by atomic mass is 16.4. The molecule has 1 unspecified atom stereocenters. The first-order chi connectivity index (χ1) is 8.99. The zero-order chi connectivity index (χ0) is 14.3. The van der Waals surface area contributed by atoms with Crippen LogP contribution in [0, 0.1) is 0 Å². The van der Waals surface area contributed by atoms with Crippen LogP contribution in [0.3, 0.4) is 0 Å². The van der Waals surface area contributed by atoms with Gasteiger partial charge >= 0.3 is 12.0 Å². The molecule has 0 aromatic rings. The van der Waals surface area contributed by atoms with Crippen molar-refractivity contribution in [1.82, 2.24) is 10.2 Å². The summed E-state index contributed by atoms with van der Waals surface area (Å²) >= 11 is 0. The van der Waals surface area contributed by atoms with Crippen LogP contribution >= 0.6 is 0 Å². The number of hydrogen-bond donors (Lipinski definition) is 3. The normalized spacial score (nSPS) is 19.9. The fourth-order valence-electron chi connectivity index (χ4n) is 2.42. The van der Waals surface area contributed by atoms with Crippen LogP contribution in [0.5, 0.6) is 0 Å². The van der Waals surface area contributed by atoms with E-state index in [1.165, 1.54) is 0 Å². The molecule has 1 saturated heterocycles. The lowest BCUT2D eigenvalue weighted by Gasteiger charge is -2.35. The van der Waals surface area contributed by atoms with Gasteiger partial charge in [0, 0.05) is 25.4 Å². The van der Waals surface area contributed by atoms with Crippen molar-refractivity contribution in [3.8, 4) is 0 Å². The molecule has 1 aliphatic rings. The number of carbonyl (C=O) groups is 3. The molecule has 1 heterocycles. The third kappa shape index (κ3) is 6.19. The smallest absolute Gasteiger partial charge is 0.318 e. The standard InChI is InChI=1S/C12H21N3O4/c13-12(19)14-10(16)6-8-15-7-2-1-3-9(15)4-5-11(17)18/h9H,1-8H2,(H,17,18)(H3,13,14,16,19). The first-order valence-corrected chi connectivity index (χ1v) is 6.54. The number of nitrogens with one attached hydrogen (secondary N) is 1. The summed E-state index contributed by atoms with van der Waals surface area (Å²) in [6, 6.07) is -0.628. The van der Waals surface area contributed by atoms with Gasteiger partial charge in [0.15, 0.2) is 0 Å². The number of piperidine rings is 1. The lowest BCUT2D eigenvalue weighted by molar-refractivity contribution is -0.137. The van der Waals surface area contributed by atoms with Crippen LogP contribution in [0.4, 0.5) is 4.79 Å². The van der Waals surface area contributed by atoms with E-state index in [4.69, 9.17) is 10.8 Å². The van der Waals surface area contributed by atoms with Gasteiger partial charge in [-0.15, -0.1) is 0 Å². The number of nitrogens with zero attached hydrogens (tertiary/aromatic N) is 1. The van der Waals surface area contributed by atoms with Gasteiger partial charge in [0.25, 0.3) is 0 Å². The van der Waals surface area contributed by atoms with Crippen molar-refractivity contribution < 1.29 is 19.5 Å². The molecule has 3 amide bonds. The number of rotatable bonds is 6. The summed E-state index contributed by atoms with van der Waals surface area (Å²) in [7, 11) is 0. The molecule has 7 heteroatoms. The van der Waals surface area contributed by atoms with E-state index in [0.717, 1.165) is 25.8 Å². The third-order valence-electron chi connectivity index (χ3n) is 3.33. The molecule has 0 spiro atoms. The minimum Gasteiger partial charge on any atom is -0.481 e. The molecule has 1 rings (SSSR count). The Balaban J connectivity index is 2.37. The van der Waals surface area contributed by atoms with Gasteiger partial charge in [-0.05, 0) is 25.8 Å². The number of carbonyl (C=O) groups excluding carboxylic acids is 2. The Morgan fingerprint density at radius 3 is 2.63 bits per heavy atom. The van der Waals surface area contributed by atoms with Gasteiger partial charge in [0.2, 0.25) is 5.91 Å². The van der Waals surface area contributed by atoms with E-state index in [2.05, 4.69) is 4.90 Å². The number of primary amides is 1. The maximum absolute atomic E-state index is 11.3. The highest BCUT2D eigenvalue weighted by Gasteiger charge is 2.23. The average Bonchev–Trinajstić information content (AvgIpc) is 2.34. The van der Waals surface area contributed by atoms with E-state index in [-0.39, 0.29) is 18.9 Å². The second-order valence-corrected chi connectivity index (χ2v) is 4.78. The largest absolute Gasteiger partial charge is 0.481 e. The van der Waals surface area contributed by atoms with Crippen molar-refractivity contribution in [3.05, 3.63) is 0 Å². The number of carboxylic acid groups (broad SMARTS) is 1. The number of nitrogens with two attached hydrogens (primary N) is 1.